The molecule has 3 unspecified atom stereocenters. The third-order valence-electron chi connectivity index (χ3n) is 4.44. The third kappa shape index (κ3) is 4.78. The second kappa shape index (κ2) is 8.59. The maximum absolute atomic E-state index is 10.8. The largest absolute Gasteiger partial charge is 0.507 e. The van der Waals surface area contributed by atoms with Crippen molar-refractivity contribution < 1.29 is 10.2 Å². The fraction of sp³-hybridized carbons (Fsp3) is 0.429. The van der Waals surface area contributed by atoms with Crippen molar-refractivity contribution in [3.05, 3.63) is 54.1 Å². The summed E-state index contributed by atoms with van der Waals surface area (Å²) in [6, 6.07) is 16.0. The van der Waals surface area contributed by atoms with Crippen LogP contribution in [0.1, 0.15) is 33.3 Å². The van der Waals surface area contributed by atoms with E-state index in [-0.39, 0.29) is 11.4 Å². The molecule has 2 nitrogen and oxygen atoms in total. The minimum absolute atomic E-state index is 0.178. The van der Waals surface area contributed by atoms with Crippen molar-refractivity contribution in [2.45, 2.75) is 50.7 Å². The van der Waals surface area contributed by atoms with Crippen LogP contribution >= 0.6 is 11.8 Å². The van der Waals surface area contributed by atoms with Crippen LogP contribution in [-0.4, -0.2) is 26.8 Å². The van der Waals surface area contributed by atoms with Gasteiger partial charge in [-0.3, -0.25) is 0 Å². The standard InChI is InChI=1S/C21H28O2S/c1-14(2)20(24-16(4)15(3)22)13-18-11-8-12-19(21(18)23)17-9-6-5-7-10-17/h5-12,14-16,20,22-23H,13H2,1-4H3. The number of aromatic hydroxyl groups is 1. The van der Waals surface area contributed by atoms with Crippen LogP contribution in [0.3, 0.4) is 0 Å². The Labute approximate surface area is 149 Å². The van der Waals surface area contributed by atoms with E-state index in [9.17, 15) is 10.2 Å². The highest BCUT2D eigenvalue weighted by atomic mass is 32.2. The summed E-state index contributed by atoms with van der Waals surface area (Å²) >= 11 is 1.80. The van der Waals surface area contributed by atoms with Crippen molar-refractivity contribution in [2.75, 3.05) is 0 Å². The molecule has 0 aliphatic heterocycles. The molecule has 2 aromatic carbocycles. The summed E-state index contributed by atoms with van der Waals surface area (Å²) in [5.41, 5.74) is 2.88. The number of aliphatic hydroxyl groups excluding tert-OH is 1. The van der Waals surface area contributed by atoms with Crippen LogP contribution in [0.15, 0.2) is 48.5 Å². The van der Waals surface area contributed by atoms with E-state index in [0.717, 1.165) is 23.1 Å². The number of rotatable bonds is 7. The first-order chi connectivity index (χ1) is 11.4. The van der Waals surface area contributed by atoms with Crippen LogP contribution in [0, 0.1) is 5.92 Å². The lowest BCUT2D eigenvalue weighted by Crippen LogP contribution is -2.24. The minimum Gasteiger partial charge on any atom is -0.507 e. The summed E-state index contributed by atoms with van der Waals surface area (Å²) in [4.78, 5) is 0. The molecule has 3 heteroatoms. The van der Waals surface area contributed by atoms with Crippen molar-refractivity contribution in [3.63, 3.8) is 0 Å². The van der Waals surface area contributed by atoms with Crippen molar-refractivity contribution in [1.29, 1.82) is 0 Å². The van der Waals surface area contributed by atoms with E-state index >= 15 is 0 Å². The first-order valence-corrected chi connectivity index (χ1v) is 9.54. The van der Waals surface area contributed by atoms with Crippen LogP contribution in [-0.2, 0) is 6.42 Å². The number of hydrogen-bond donors (Lipinski definition) is 2. The molecule has 0 amide bonds. The average molecular weight is 345 g/mol. The van der Waals surface area contributed by atoms with Crippen LogP contribution in [0.5, 0.6) is 5.75 Å². The highest BCUT2D eigenvalue weighted by molar-refractivity contribution is 8.00. The van der Waals surface area contributed by atoms with Gasteiger partial charge in [-0.2, -0.15) is 11.8 Å². The molecule has 2 N–H and O–H groups in total. The van der Waals surface area contributed by atoms with Gasteiger partial charge in [0.2, 0.25) is 0 Å². The van der Waals surface area contributed by atoms with Gasteiger partial charge in [0.05, 0.1) is 6.10 Å². The number of benzene rings is 2. The van der Waals surface area contributed by atoms with E-state index in [2.05, 4.69) is 20.8 Å². The molecule has 2 aromatic rings. The fourth-order valence-corrected chi connectivity index (χ4v) is 4.02. The molecule has 0 bridgehead atoms. The Morgan fingerprint density at radius 1 is 0.917 bits per heavy atom. The smallest absolute Gasteiger partial charge is 0.126 e. The SMILES string of the molecule is CC(C)C(Cc1cccc(-c2ccccc2)c1O)SC(C)C(C)O. The molecule has 0 fully saturated rings. The number of phenols is 1. The molecule has 0 aliphatic carbocycles. The number of hydrogen-bond acceptors (Lipinski definition) is 3. The van der Waals surface area contributed by atoms with Crippen LogP contribution in [0.2, 0.25) is 0 Å². The van der Waals surface area contributed by atoms with E-state index in [4.69, 9.17) is 0 Å². The summed E-state index contributed by atoms with van der Waals surface area (Å²) < 4.78 is 0. The topological polar surface area (TPSA) is 40.5 Å². The zero-order valence-electron chi connectivity index (χ0n) is 14.9. The lowest BCUT2D eigenvalue weighted by molar-refractivity contribution is 0.196. The number of thioether (sulfide) groups is 1. The average Bonchev–Trinajstić information content (AvgIpc) is 2.56. The molecule has 0 saturated carbocycles. The highest BCUT2D eigenvalue weighted by Gasteiger charge is 2.22. The summed E-state index contributed by atoms with van der Waals surface area (Å²) in [5, 5.41) is 21.1. The van der Waals surface area contributed by atoms with Gasteiger partial charge in [-0.15, -0.1) is 0 Å². The molecule has 0 saturated heterocycles. The molecule has 24 heavy (non-hydrogen) atoms. The van der Waals surface area contributed by atoms with Gasteiger partial charge in [-0.05, 0) is 30.4 Å². The fourth-order valence-electron chi connectivity index (χ4n) is 2.65. The summed E-state index contributed by atoms with van der Waals surface area (Å²) in [5.74, 6) is 0.843. The Morgan fingerprint density at radius 2 is 1.58 bits per heavy atom. The molecular weight excluding hydrogens is 316 g/mol. The van der Waals surface area contributed by atoms with Crippen LogP contribution in [0.4, 0.5) is 0 Å². The summed E-state index contributed by atoms with van der Waals surface area (Å²) in [7, 11) is 0. The normalized spacial score (nSPS) is 15.2. The molecule has 0 radical (unpaired) electrons. The molecule has 130 valence electrons. The number of phenolic OH excluding ortho intramolecular Hbond substituents is 1. The lowest BCUT2D eigenvalue weighted by atomic mass is 9.96. The van der Waals surface area contributed by atoms with Crippen LogP contribution in [0.25, 0.3) is 11.1 Å². The maximum atomic E-state index is 10.8. The molecule has 2 rings (SSSR count). The van der Waals surface area contributed by atoms with Gasteiger partial charge in [-0.1, -0.05) is 69.3 Å². The van der Waals surface area contributed by atoms with Crippen molar-refractivity contribution >= 4 is 11.8 Å². The highest BCUT2D eigenvalue weighted by Crippen LogP contribution is 2.36. The molecule has 0 spiro atoms. The maximum Gasteiger partial charge on any atom is 0.126 e. The zero-order chi connectivity index (χ0) is 17.7. The Hall–Kier alpha value is -1.45. The van der Waals surface area contributed by atoms with Crippen molar-refractivity contribution in [1.82, 2.24) is 0 Å². The first kappa shape index (κ1) is 18.9. The molecule has 3 atom stereocenters. The van der Waals surface area contributed by atoms with Gasteiger partial charge >= 0.3 is 0 Å². The van der Waals surface area contributed by atoms with E-state index in [1.54, 1.807) is 11.8 Å². The number of aliphatic hydroxyl groups is 1. The van der Waals surface area contributed by atoms with E-state index < -0.39 is 0 Å². The minimum atomic E-state index is -0.333. The summed E-state index contributed by atoms with van der Waals surface area (Å²) in [6.45, 7) is 8.29. The first-order valence-electron chi connectivity index (χ1n) is 8.60. The molecule has 0 aromatic heterocycles. The second-order valence-electron chi connectivity index (χ2n) is 6.75. The van der Waals surface area contributed by atoms with Crippen molar-refractivity contribution in [2.24, 2.45) is 5.92 Å². The number of para-hydroxylation sites is 1. The second-order valence-corrected chi connectivity index (χ2v) is 8.37. The zero-order valence-corrected chi connectivity index (χ0v) is 15.8. The summed E-state index contributed by atoms with van der Waals surface area (Å²) in [6.07, 6.45) is 0.465. The molecule has 0 aliphatic rings. The van der Waals surface area contributed by atoms with Gasteiger partial charge in [0, 0.05) is 16.1 Å². The van der Waals surface area contributed by atoms with E-state index in [1.807, 2.05) is 55.5 Å². The lowest BCUT2D eigenvalue weighted by Gasteiger charge is -2.26. The predicted octanol–water partition coefficient (Wildman–Crippen LogP) is 5.13. The molecular formula is C21H28O2S. The van der Waals surface area contributed by atoms with Gasteiger partial charge in [-0.25, -0.2) is 0 Å². The van der Waals surface area contributed by atoms with Gasteiger partial charge in [0.1, 0.15) is 5.75 Å². The Balaban J connectivity index is 2.25. The predicted molar refractivity (Wildman–Crippen MR) is 105 cm³/mol. The molecule has 0 heterocycles. The third-order valence-corrected chi connectivity index (χ3v) is 6.32. The van der Waals surface area contributed by atoms with E-state index in [0.29, 0.717) is 16.9 Å². The Bertz CT molecular complexity index is 638. The van der Waals surface area contributed by atoms with Gasteiger partial charge in [0.25, 0.3) is 0 Å². The van der Waals surface area contributed by atoms with Crippen molar-refractivity contribution in [3.8, 4) is 16.9 Å². The Kier molecular flexibility index (Phi) is 6.76. The van der Waals surface area contributed by atoms with E-state index in [1.165, 1.54) is 0 Å². The monoisotopic (exact) mass is 344 g/mol. The van der Waals surface area contributed by atoms with Crippen LogP contribution < -0.4 is 0 Å². The Morgan fingerprint density at radius 3 is 2.17 bits per heavy atom. The quantitative estimate of drug-likeness (QED) is 0.731. The van der Waals surface area contributed by atoms with Gasteiger partial charge in [0.15, 0.2) is 0 Å². The van der Waals surface area contributed by atoms with Gasteiger partial charge < -0.3 is 10.2 Å².